The summed E-state index contributed by atoms with van der Waals surface area (Å²) in [4.78, 5) is 35.4. The number of aromatic nitrogens is 1. The number of hydrogen-bond donors (Lipinski definition) is 2. The average Bonchev–Trinajstić information content (AvgIpc) is 3.39. The van der Waals surface area contributed by atoms with Gasteiger partial charge in [0, 0.05) is 33.3 Å². The minimum absolute atomic E-state index is 0.227. The molecule has 5 nitrogen and oxygen atoms in total. The highest BCUT2D eigenvalue weighted by Gasteiger charge is 2.18. The molecule has 0 fully saturated rings. The predicted octanol–water partition coefficient (Wildman–Crippen LogP) is 7.06. The molecule has 0 atom stereocenters. The van der Waals surface area contributed by atoms with Crippen LogP contribution in [0, 0.1) is 13.8 Å². The van der Waals surface area contributed by atoms with Gasteiger partial charge in [-0.05, 0) is 67.5 Å². The monoisotopic (exact) mass is 585 g/mol. The highest BCUT2D eigenvalue weighted by molar-refractivity contribution is 7.80. The van der Waals surface area contributed by atoms with Gasteiger partial charge in [0.2, 0.25) is 0 Å². The fourth-order valence-corrected chi connectivity index (χ4v) is 6.99. The van der Waals surface area contributed by atoms with Crippen LogP contribution in [-0.2, 0) is 0 Å². The van der Waals surface area contributed by atoms with E-state index < -0.39 is 7.92 Å². The van der Waals surface area contributed by atoms with Crippen molar-refractivity contribution in [2.75, 3.05) is 0 Å². The molecule has 0 aliphatic carbocycles. The number of rotatable bonds is 6. The molecule has 0 radical (unpaired) electrons. The Hall–Kier alpha value is -5.12. The highest BCUT2D eigenvalue weighted by atomic mass is 31.1. The summed E-state index contributed by atoms with van der Waals surface area (Å²) >= 11 is 0. The second-order valence-electron chi connectivity index (χ2n) is 9.67. The summed E-state index contributed by atoms with van der Waals surface area (Å²) in [6.07, 6.45) is 2.61. The van der Waals surface area contributed by atoms with Crippen molar-refractivity contribution in [3.8, 4) is 5.75 Å². The third-order valence-corrected chi connectivity index (χ3v) is 9.27. The summed E-state index contributed by atoms with van der Waals surface area (Å²) < 4.78 is 0. The minimum Gasteiger partial charge on any atom is -0.508 e. The maximum atomic E-state index is 11.4. The first-order valence-corrected chi connectivity index (χ1v) is 15.0. The van der Waals surface area contributed by atoms with Crippen LogP contribution in [0.4, 0.5) is 0 Å². The molecule has 1 heterocycles. The fraction of sp³-hybridized carbons (Fsp3) is 0.0541. The molecule has 2 N–H and O–H groups in total. The van der Waals surface area contributed by atoms with E-state index in [4.69, 9.17) is 5.11 Å². The van der Waals surface area contributed by atoms with Gasteiger partial charge in [0.05, 0.1) is 0 Å². The number of hydrogen-bond acceptors (Lipinski definition) is 4. The third kappa shape index (κ3) is 7.79. The second-order valence-corrected chi connectivity index (χ2v) is 11.9. The molecule has 1 aromatic heterocycles. The van der Waals surface area contributed by atoms with Crippen LogP contribution in [0.2, 0.25) is 0 Å². The summed E-state index contributed by atoms with van der Waals surface area (Å²) in [6.45, 7) is 3.66. The first-order chi connectivity index (χ1) is 21.0. The summed E-state index contributed by atoms with van der Waals surface area (Å²) in [5.74, 6) is 0.227. The number of phenols is 1. The Morgan fingerprint density at radius 2 is 1.21 bits per heavy atom. The molecule has 6 aromatic rings. The van der Waals surface area contributed by atoms with E-state index in [9.17, 15) is 14.4 Å². The van der Waals surface area contributed by atoms with Crippen molar-refractivity contribution in [2.45, 2.75) is 13.8 Å². The fourth-order valence-electron chi connectivity index (χ4n) is 4.57. The third-order valence-electron chi connectivity index (χ3n) is 6.75. The predicted molar refractivity (Wildman–Crippen MR) is 177 cm³/mol. The second kappa shape index (κ2) is 15.2. The molecule has 0 spiro atoms. The van der Waals surface area contributed by atoms with Gasteiger partial charge in [0.25, 0.3) is 0 Å². The molecule has 0 amide bonds. The van der Waals surface area contributed by atoms with Crippen LogP contribution in [0.15, 0.2) is 127 Å². The summed E-state index contributed by atoms with van der Waals surface area (Å²) in [5, 5.41) is 13.7. The smallest absolute Gasteiger partial charge is 0.152 e. The topological polar surface area (TPSA) is 87.2 Å². The number of para-hydroxylation sites is 1. The molecule has 0 saturated carbocycles. The molecule has 214 valence electrons. The van der Waals surface area contributed by atoms with E-state index in [-0.39, 0.29) is 5.75 Å². The first-order valence-electron chi connectivity index (χ1n) is 13.7. The number of aromatic hydroxyl groups is 1. The zero-order valence-corrected chi connectivity index (χ0v) is 24.9. The number of fused-ring (bicyclic) bond motifs is 1. The Bertz CT molecular complexity index is 1770. The van der Waals surface area contributed by atoms with Crippen LogP contribution in [0.25, 0.3) is 10.9 Å². The quantitative estimate of drug-likeness (QED) is 0.162. The van der Waals surface area contributed by atoms with Gasteiger partial charge >= 0.3 is 0 Å². The van der Waals surface area contributed by atoms with E-state index in [1.807, 2.05) is 61.5 Å². The average molecular weight is 586 g/mol. The van der Waals surface area contributed by atoms with Gasteiger partial charge in [-0.25, -0.2) is 0 Å². The molecule has 43 heavy (non-hydrogen) atoms. The van der Waals surface area contributed by atoms with Crippen LogP contribution in [-0.4, -0.2) is 28.9 Å². The van der Waals surface area contributed by atoms with Crippen molar-refractivity contribution in [3.63, 3.8) is 0 Å². The van der Waals surface area contributed by atoms with Crippen molar-refractivity contribution < 1.29 is 19.5 Å². The zero-order chi connectivity index (χ0) is 30.6. The number of carbonyl (C=O) groups excluding carboxylic acids is 3. The van der Waals surface area contributed by atoms with Crippen LogP contribution in [0.5, 0.6) is 5.75 Å². The van der Waals surface area contributed by atoms with Gasteiger partial charge in [0.1, 0.15) is 12.0 Å². The number of nitrogens with one attached hydrogen (secondary N) is 1. The number of aryl methyl sites for hydroxylation is 2. The van der Waals surface area contributed by atoms with Gasteiger partial charge in [-0.2, -0.15) is 0 Å². The summed E-state index contributed by atoms with van der Waals surface area (Å²) in [7, 11) is -0.704. The van der Waals surface area contributed by atoms with Gasteiger partial charge in [-0.1, -0.05) is 103 Å². The number of carbonyl (C=O) groups is 3. The van der Waals surface area contributed by atoms with Crippen LogP contribution >= 0.6 is 7.92 Å². The van der Waals surface area contributed by atoms with Gasteiger partial charge in [-0.15, -0.1) is 0 Å². The SMILES string of the molecule is Cc1[nH]c2ccccc2c1C=O.Cc1cc(C=O)ccc1O.O=Cc1ccccc1P(c1ccccc1)c1ccccc1. The first kappa shape index (κ1) is 30.8. The van der Waals surface area contributed by atoms with Crippen LogP contribution < -0.4 is 15.9 Å². The molecule has 0 saturated heterocycles. The van der Waals surface area contributed by atoms with Gasteiger partial charge in [-0.3, -0.25) is 14.4 Å². The molecular weight excluding hydrogens is 553 g/mol. The Balaban J connectivity index is 0.000000163. The Kier molecular flexibility index (Phi) is 10.9. The normalized spacial score (nSPS) is 10.2. The van der Waals surface area contributed by atoms with E-state index in [1.54, 1.807) is 19.1 Å². The maximum Gasteiger partial charge on any atom is 0.152 e. The number of aldehydes is 3. The number of benzene rings is 5. The van der Waals surface area contributed by atoms with Crippen molar-refractivity contribution in [2.24, 2.45) is 0 Å². The number of H-pyrrole nitrogens is 1. The minimum atomic E-state index is -0.704. The van der Waals surface area contributed by atoms with Crippen LogP contribution in [0.3, 0.4) is 0 Å². The van der Waals surface area contributed by atoms with Crippen molar-refractivity contribution in [1.82, 2.24) is 4.98 Å². The molecule has 6 rings (SSSR count). The number of aromatic amines is 1. The zero-order valence-electron chi connectivity index (χ0n) is 24.0. The van der Waals surface area contributed by atoms with Crippen molar-refractivity contribution in [3.05, 3.63) is 155 Å². The van der Waals surface area contributed by atoms with Gasteiger partial charge in [0.15, 0.2) is 12.6 Å². The largest absolute Gasteiger partial charge is 0.508 e. The standard InChI is InChI=1S/C19H15OP.C10H9NO.C8H8O2/c20-15-16-9-7-8-14-19(16)21(17-10-3-1-4-11-17)18-12-5-2-6-13-18;1-7-9(6-12)8-4-2-3-5-10(8)11-7;1-6-4-7(5-9)2-3-8(6)10/h1-15H;2-6,11H,1H3;2-5,10H,1H3. The lowest BCUT2D eigenvalue weighted by molar-refractivity contribution is 0.111. The maximum absolute atomic E-state index is 11.4. The number of phenolic OH excluding ortho intramolecular Hbond substituents is 1. The Labute approximate surface area is 252 Å². The Morgan fingerprint density at radius 1 is 0.628 bits per heavy atom. The Morgan fingerprint density at radius 3 is 1.79 bits per heavy atom. The van der Waals surface area contributed by atoms with Crippen molar-refractivity contribution in [1.29, 1.82) is 0 Å². The lowest BCUT2D eigenvalue weighted by Crippen LogP contribution is -2.23. The van der Waals surface area contributed by atoms with Crippen molar-refractivity contribution >= 4 is 53.6 Å². The van der Waals surface area contributed by atoms with E-state index in [0.717, 1.165) is 57.5 Å². The van der Waals surface area contributed by atoms with Gasteiger partial charge < -0.3 is 10.1 Å². The molecule has 0 unspecified atom stereocenters. The van der Waals surface area contributed by atoms with E-state index in [2.05, 4.69) is 59.6 Å². The lowest BCUT2D eigenvalue weighted by atomic mass is 10.1. The van der Waals surface area contributed by atoms with E-state index in [1.165, 1.54) is 16.7 Å². The summed E-state index contributed by atoms with van der Waals surface area (Å²) in [6, 6.07) is 41.2. The molecule has 6 heteroatoms. The molecule has 5 aromatic carbocycles. The molecular formula is C37H32NO4P. The molecule has 0 aliphatic heterocycles. The summed E-state index contributed by atoms with van der Waals surface area (Å²) in [5.41, 5.74) is 4.82. The lowest BCUT2D eigenvalue weighted by Gasteiger charge is -2.20. The van der Waals surface area contributed by atoms with Crippen LogP contribution in [0.1, 0.15) is 42.3 Å². The van der Waals surface area contributed by atoms with E-state index >= 15 is 0 Å². The molecule has 0 aliphatic rings. The highest BCUT2D eigenvalue weighted by Crippen LogP contribution is 2.33. The van der Waals surface area contributed by atoms with E-state index in [0.29, 0.717) is 5.56 Å². The molecule has 0 bridgehead atoms.